The minimum Gasteiger partial charge on any atom is -0.353 e. The lowest BCUT2D eigenvalue weighted by Gasteiger charge is -2.60. The van der Waals surface area contributed by atoms with Gasteiger partial charge in [-0.1, -0.05) is 19.9 Å². The number of pyridine rings is 1. The molecular formula is C23H29N5O3. The molecule has 3 amide bonds. The fourth-order valence-electron chi connectivity index (χ4n) is 5.79. The summed E-state index contributed by atoms with van der Waals surface area (Å²) >= 11 is 0. The van der Waals surface area contributed by atoms with Gasteiger partial charge in [0.2, 0.25) is 5.91 Å². The Balaban J connectivity index is 1.31. The molecule has 2 bridgehead atoms. The molecule has 1 aliphatic heterocycles. The first-order valence-corrected chi connectivity index (χ1v) is 11.2. The predicted octanol–water partition coefficient (Wildman–Crippen LogP) is 1.71. The molecule has 3 heterocycles. The van der Waals surface area contributed by atoms with E-state index >= 15 is 0 Å². The third-order valence-corrected chi connectivity index (χ3v) is 7.80. The average molecular weight is 424 g/mol. The topological polar surface area (TPSA) is 95.8 Å². The zero-order chi connectivity index (χ0) is 21.8. The smallest absolute Gasteiger partial charge is 0.274 e. The van der Waals surface area contributed by atoms with Crippen molar-refractivity contribution < 1.29 is 14.4 Å². The Morgan fingerprint density at radius 3 is 2.87 bits per heavy atom. The van der Waals surface area contributed by atoms with Gasteiger partial charge in [-0.05, 0) is 54.6 Å². The molecule has 4 fully saturated rings. The molecule has 31 heavy (non-hydrogen) atoms. The molecule has 2 N–H and O–H groups in total. The molecular weight excluding hydrogens is 394 g/mol. The van der Waals surface area contributed by atoms with Crippen molar-refractivity contribution >= 4 is 23.4 Å². The molecule has 0 radical (unpaired) electrons. The van der Waals surface area contributed by atoms with Crippen LogP contribution in [-0.4, -0.2) is 58.2 Å². The number of nitrogens with zero attached hydrogens (tertiary/aromatic N) is 3. The van der Waals surface area contributed by atoms with Gasteiger partial charge < -0.3 is 15.5 Å². The highest BCUT2D eigenvalue weighted by Crippen LogP contribution is 2.61. The quantitative estimate of drug-likeness (QED) is 0.783. The molecule has 6 rings (SSSR count). The maximum absolute atomic E-state index is 13.0. The summed E-state index contributed by atoms with van der Waals surface area (Å²) in [5.41, 5.74) is 1.63. The van der Waals surface area contributed by atoms with Gasteiger partial charge >= 0.3 is 0 Å². The van der Waals surface area contributed by atoms with Crippen LogP contribution in [0.15, 0.2) is 24.4 Å². The van der Waals surface area contributed by atoms with Gasteiger partial charge in [-0.2, -0.15) is 0 Å². The van der Waals surface area contributed by atoms with E-state index in [2.05, 4.69) is 29.5 Å². The molecule has 2 aromatic heterocycles. The highest BCUT2D eigenvalue weighted by molar-refractivity contribution is 5.97. The summed E-state index contributed by atoms with van der Waals surface area (Å²) in [4.78, 5) is 43.3. The Kier molecular flexibility index (Phi) is 4.75. The summed E-state index contributed by atoms with van der Waals surface area (Å²) in [5.74, 6) is 1.42. The van der Waals surface area contributed by atoms with Crippen LogP contribution in [0.3, 0.4) is 0 Å². The van der Waals surface area contributed by atoms with E-state index in [4.69, 9.17) is 0 Å². The lowest BCUT2D eigenvalue weighted by molar-refractivity contribution is -0.123. The van der Waals surface area contributed by atoms with Crippen LogP contribution < -0.4 is 10.6 Å². The van der Waals surface area contributed by atoms with E-state index in [1.165, 1.54) is 24.2 Å². The Morgan fingerprint density at radius 1 is 1.29 bits per heavy atom. The summed E-state index contributed by atoms with van der Waals surface area (Å²) in [6, 6.07) is 5.30. The Labute approximate surface area is 181 Å². The number of piperazine rings is 1. The third-order valence-electron chi connectivity index (χ3n) is 7.80. The van der Waals surface area contributed by atoms with Crippen molar-refractivity contribution in [2.24, 2.45) is 23.2 Å². The van der Waals surface area contributed by atoms with Gasteiger partial charge in [0.15, 0.2) is 0 Å². The first kappa shape index (κ1) is 20.0. The Morgan fingerprint density at radius 2 is 2.13 bits per heavy atom. The molecule has 1 saturated heterocycles. The van der Waals surface area contributed by atoms with E-state index < -0.39 is 0 Å². The van der Waals surface area contributed by atoms with E-state index in [1.54, 1.807) is 28.8 Å². The van der Waals surface area contributed by atoms with Crippen molar-refractivity contribution in [3.63, 3.8) is 0 Å². The van der Waals surface area contributed by atoms with Crippen LogP contribution >= 0.6 is 0 Å². The van der Waals surface area contributed by atoms with Gasteiger partial charge in [0.25, 0.3) is 11.8 Å². The van der Waals surface area contributed by atoms with Crippen LogP contribution in [0.2, 0.25) is 0 Å². The van der Waals surface area contributed by atoms with E-state index in [0.29, 0.717) is 48.2 Å². The number of amides is 3. The zero-order valence-corrected chi connectivity index (χ0v) is 18.1. The molecule has 0 aromatic carbocycles. The number of nitrogens with one attached hydrogen (secondary N) is 2. The van der Waals surface area contributed by atoms with Gasteiger partial charge in [0, 0.05) is 25.8 Å². The minimum absolute atomic E-state index is 0.0276. The fourth-order valence-corrected chi connectivity index (χ4v) is 5.79. The molecule has 0 unspecified atom stereocenters. The lowest BCUT2D eigenvalue weighted by atomic mass is 9.45. The maximum Gasteiger partial charge on any atom is 0.274 e. The van der Waals surface area contributed by atoms with Gasteiger partial charge in [-0.15, -0.1) is 0 Å². The van der Waals surface area contributed by atoms with Crippen LogP contribution in [0.1, 0.15) is 54.1 Å². The minimum atomic E-state index is -0.297. The van der Waals surface area contributed by atoms with Crippen molar-refractivity contribution in [1.29, 1.82) is 0 Å². The van der Waals surface area contributed by atoms with Crippen LogP contribution in [0.4, 0.5) is 0 Å². The number of carbonyl (C=O) groups excluding carboxylic acids is 3. The van der Waals surface area contributed by atoms with E-state index in [1.807, 2.05) is 0 Å². The second-order valence-corrected chi connectivity index (χ2v) is 9.75. The second-order valence-electron chi connectivity index (χ2n) is 9.75. The number of fused-ring (bicyclic) bond motifs is 3. The number of aromatic nitrogens is 2. The van der Waals surface area contributed by atoms with Gasteiger partial charge in [-0.3, -0.25) is 18.8 Å². The van der Waals surface area contributed by atoms with Crippen LogP contribution in [0.5, 0.6) is 0 Å². The van der Waals surface area contributed by atoms with E-state index in [0.717, 1.165) is 5.92 Å². The number of carbonyl (C=O) groups is 3. The van der Waals surface area contributed by atoms with Crippen molar-refractivity contribution in [3.8, 4) is 0 Å². The monoisotopic (exact) mass is 423 g/mol. The van der Waals surface area contributed by atoms with Crippen molar-refractivity contribution in [2.45, 2.75) is 33.1 Å². The summed E-state index contributed by atoms with van der Waals surface area (Å²) < 4.78 is 1.66. The maximum atomic E-state index is 13.0. The number of rotatable bonds is 4. The van der Waals surface area contributed by atoms with Crippen molar-refractivity contribution in [1.82, 2.24) is 24.9 Å². The Hall–Kier alpha value is -2.90. The molecule has 3 saturated carbocycles. The van der Waals surface area contributed by atoms with Gasteiger partial charge in [0.1, 0.15) is 17.0 Å². The first-order valence-electron chi connectivity index (χ1n) is 11.2. The van der Waals surface area contributed by atoms with Crippen LogP contribution in [0, 0.1) is 23.2 Å². The van der Waals surface area contributed by atoms with Gasteiger partial charge in [-0.25, -0.2) is 4.98 Å². The predicted molar refractivity (Wildman–Crippen MR) is 115 cm³/mol. The SMILES string of the molecule is CC1(C)[C@H]2CC[C@@H](CNC(=O)c3cccc4nc(C(=O)N5CCNC(=O)C5)cn34)[C@@H]1C2. The largest absolute Gasteiger partial charge is 0.353 e. The molecule has 4 aliphatic rings. The Bertz CT molecular complexity index is 1060. The molecule has 2 aromatic rings. The standard InChI is InChI=1S/C23H29N5O3/c1-23(2)15-7-6-14(16(23)10-15)11-25-21(30)18-4-3-5-19-26-17(12-28(18)19)22(31)27-9-8-24-20(29)13-27/h3-5,12,14-16H,6-11,13H2,1-2H3,(H,24,29)(H,25,30)/t14-,15-,16-/m0/s1. The highest BCUT2D eigenvalue weighted by atomic mass is 16.2. The summed E-state index contributed by atoms with van der Waals surface area (Å²) in [5, 5.41) is 5.84. The lowest BCUT2D eigenvalue weighted by Crippen LogP contribution is -2.54. The third kappa shape index (κ3) is 3.38. The summed E-state index contributed by atoms with van der Waals surface area (Å²) in [6.45, 7) is 6.31. The average Bonchev–Trinajstić information content (AvgIpc) is 3.21. The number of hydrogen-bond acceptors (Lipinski definition) is 4. The first-order chi connectivity index (χ1) is 14.8. The molecule has 0 spiro atoms. The summed E-state index contributed by atoms with van der Waals surface area (Å²) in [6.07, 6.45) is 5.31. The van der Waals surface area contributed by atoms with E-state index in [9.17, 15) is 14.4 Å². The van der Waals surface area contributed by atoms with Crippen molar-refractivity contribution in [2.75, 3.05) is 26.2 Å². The zero-order valence-electron chi connectivity index (χ0n) is 18.1. The molecule has 8 heteroatoms. The molecule has 3 atom stereocenters. The number of hydrogen-bond donors (Lipinski definition) is 2. The van der Waals surface area contributed by atoms with Crippen LogP contribution in [-0.2, 0) is 4.79 Å². The molecule has 8 nitrogen and oxygen atoms in total. The molecule has 3 aliphatic carbocycles. The normalized spacial score (nSPS) is 26.8. The second kappa shape index (κ2) is 7.35. The van der Waals surface area contributed by atoms with Crippen LogP contribution in [0.25, 0.3) is 5.65 Å². The highest BCUT2D eigenvalue weighted by Gasteiger charge is 2.53. The van der Waals surface area contributed by atoms with Gasteiger partial charge in [0.05, 0.1) is 6.54 Å². The van der Waals surface area contributed by atoms with E-state index in [-0.39, 0.29) is 30.0 Å². The van der Waals surface area contributed by atoms with Crippen molar-refractivity contribution in [3.05, 3.63) is 35.8 Å². The molecule has 164 valence electrons. The summed E-state index contributed by atoms with van der Waals surface area (Å²) in [7, 11) is 0. The fraction of sp³-hybridized carbons (Fsp3) is 0.565. The number of imidazole rings is 1.